The first-order valence-electron chi connectivity index (χ1n) is 8.64. The summed E-state index contributed by atoms with van der Waals surface area (Å²) in [6.45, 7) is 6.83. The molecule has 124 valence electrons. The number of rotatable bonds is 4. The molecular weight excluding hydrogens is 290 g/mol. The summed E-state index contributed by atoms with van der Waals surface area (Å²) in [4.78, 5) is 7.48. The largest absolute Gasteiger partial charge is 0.353 e. The van der Waals surface area contributed by atoms with Crippen molar-refractivity contribution in [2.45, 2.75) is 25.3 Å². The fourth-order valence-corrected chi connectivity index (χ4v) is 3.76. The molecule has 2 aliphatic heterocycles. The molecule has 2 aromatic heterocycles. The van der Waals surface area contributed by atoms with Gasteiger partial charge in [0.2, 0.25) is 0 Å². The van der Waals surface area contributed by atoms with Crippen LogP contribution in [-0.4, -0.2) is 82.0 Å². The van der Waals surface area contributed by atoms with Crippen LogP contribution in [0.25, 0.3) is 5.65 Å². The average molecular weight is 315 g/mol. The Hall–Kier alpha value is -1.73. The lowest BCUT2D eigenvalue weighted by Gasteiger charge is -2.36. The van der Waals surface area contributed by atoms with Gasteiger partial charge in [-0.05, 0) is 51.5 Å². The van der Waals surface area contributed by atoms with Crippen molar-refractivity contribution in [3.8, 4) is 0 Å². The Kier molecular flexibility index (Phi) is 4.13. The number of hydrogen-bond donors (Lipinski definition) is 0. The molecule has 7 nitrogen and oxygen atoms in total. The molecule has 0 spiro atoms. The number of anilines is 1. The van der Waals surface area contributed by atoms with Crippen molar-refractivity contribution in [2.24, 2.45) is 0 Å². The van der Waals surface area contributed by atoms with Gasteiger partial charge in [0, 0.05) is 32.2 Å². The highest BCUT2D eigenvalue weighted by Gasteiger charge is 2.23. The van der Waals surface area contributed by atoms with Gasteiger partial charge in [0.1, 0.15) is 12.1 Å². The molecule has 1 atom stereocenters. The lowest BCUT2D eigenvalue weighted by molar-refractivity contribution is 0.214. The first-order valence-corrected chi connectivity index (χ1v) is 8.64. The highest BCUT2D eigenvalue weighted by Crippen LogP contribution is 2.19. The minimum absolute atomic E-state index is 0.797. The zero-order chi connectivity index (χ0) is 15.6. The molecule has 0 radical (unpaired) electrons. The Morgan fingerprint density at radius 2 is 2.00 bits per heavy atom. The van der Waals surface area contributed by atoms with Crippen LogP contribution in [0.15, 0.2) is 18.5 Å². The van der Waals surface area contributed by atoms with Gasteiger partial charge in [-0.1, -0.05) is 0 Å². The molecule has 2 saturated heterocycles. The minimum Gasteiger partial charge on any atom is -0.353 e. The summed E-state index contributed by atoms with van der Waals surface area (Å²) in [7, 11) is 2.27. The molecule has 4 heterocycles. The van der Waals surface area contributed by atoms with Crippen molar-refractivity contribution in [3.63, 3.8) is 0 Å². The molecule has 0 saturated carbocycles. The van der Waals surface area contributed by atoms with Crippen LogP contribution >= 0.6 is 0 Å². The highest BCUT2D eigenvalue weighted by atomic mass is 15.4. The van der Waals surface area contributed by atoms with Crippen LogP contribution in [-0.2, 0) is 0 Å². The number of fused-ring (bicyclic) bond motifs is 1. The van der Waals surface area contributed by atoms with E-state index in [0.717, 1.165) is 43.7 Å². The van der Waals surface area contributed by atoms with Gasteiger partial charge in [-0.2, -0.15) is 4.52 Å². The number of aromatic nitrogens is 4. The van der Waals surface area contributed by atoms with Gasteiger partial charge in [0.25, 0.3) is 0 Å². The van der Waals surface area contributed by atoms with E-state index in [1.807, 2.05) is 12.1 Å². The summed E-state index contributed by atoms with van der Waals surface area (Å²) in [6.07, 6.45) is 5.71. The maximum absolute atomic E-state index is 4.60. The molecule has 0 aliphatic carbocycles. The molecule has 0 amide bonds. The van der Waals surface area contributed by atoms with Gasteiger partial charge < -0.3 is 9.80 Å². The molecule has 7 heteroatoms. The molecule has 0 N–H and O–H groups in total. The molecule has 2 aromatic rings. The number of likely N-dealkylation sites (tertiary alicyclic amines) is 1. The second-order valence-corrected chi connectivity index (χ2v) is 6.72. The fraction of sp³-hybridized carbons (Fsp3) is 0.688. The molecule has 2 fully saturated rings. The van der Waals surface area contributed by atoms with Gasteiger partial charge in [-0.3, -0.25) is 4.90 Å². The maximum atomic E-state index is 4.60. The first kappa shape index (κ1) is 14.8. The second-order valence-electron chi connectivity index (χ2n) is 6.72. The van der Waals surface area contributed by atoms with Crippen molar-refractivity contribution in [3.05, 3.63) is 18.5 Å². The molecule has 23 heavy (non-hydrogen) atoms. The first-order chi connectivity index (χ1) is 11.3. The maximum Gasteiger partial charge on any atom is 0.177 e. The van der Waals surface area contributed by atoms with E-state index < -0.39 is 0 Å². The Labute approximate surface area is 136 Å². The van der Waals surface area contributed by atoms with E-state index in [0.29, 0.717) is 0 Å². The molecular formula is C16H25N7. The van der Waals surface area contributed by atoms with Gasteiger partial charge in [-0.15, -0.1) is 15.3 Å². The predicted molar refractivity (Wildman–Crippen MR) is 89.7 cm³/mol. The van der Waals surface area contributed by atoms with E-state index in [4.69, 9.17) is 0 Å². The van der Waals surface area contributed by atoms with Gasteiger partial charge in [0.05, 0.1) is 0 Å². The Morgan fingerprint density at radius 1 is 1.13 bits per heavy atom. The van der Waals surface area contributed by atoms with Crippen LogP contribution in [0.1, 0.15) is 19.3 Å². The van der Waals surface area contributed by atoms with E-state index in [1.165, 1.54) is 32.4 Å². The summed E-state index contributed by atoms with van der Waals surface area (Å²) in [5, 5.41) is 12.5. The average Bonchev–Trinajstić information content (AvgIpc) is 3.21. The zero-order valence-corrected chi connectivity index (χ0v) is 13.8. The Balaban J connectivity index is 1.30. The lowest BCUT2D eigenvalue weighted by Crippen LogP contribution is -2.47. The summed E-state index contributed by atoms with van der Waals surface area (Å²) in [5.41, 5.74) is 0.799. The lowest BCUT2D eigenvalue weighted by atomic mass is 10.1. The smallest absolute Gasteiger partial charge is 0.177 e. The van der Waals surface area contributed by atoms with Crippen molar-refractivity contribution in [2.75, 3.05) is 51.2 Å². The minimum atomic E-state index is 0.797. The summed E-state index contributed by atoms with van der Waals surface area (Å²) >= 11 is 0. The van der Waals surface area contributed by atoms with E-state index >= 15 is 0 Å². The standard InChI is InChI=1S/C16H25N7/c1-20-7-2-3-14(20)6-8-21-9-11-22(12-10-21)16-5-4-15-18-17-13-23(15)19-16/h4-5,13-14H,2-3,6-12H2,1H3/t14-/m0/s1. The zero-order valence-electron chi connectivity index (χ0n) is 13.8. The van der Waals surface area contributed by atoms with E-state index in [-0.39, 0.29) is 0 Å². The molecule has 0 bridgehead atoms. The Morgan fingerprint density at radius 3 is 2.78 bits per heavy atom. The van der Waals surface area contributed by atoms with Crippen molar-refractivity contribution < 1.29 is 0 Å². The molecule has 0 unspecified atom stereocenters. The number of hydrogen-bond acceptors (Lipinski definition) is 6. The number of piperazine rings is 1. The van der Waals surface area contributed by atoms with Crippen LogP contribution in [0.5, 0.6) is 0 Å². The van der Waals surface area contributed by atoms with E-state index in [2.05, 4.69) is 37.0 Å². The van der Waals surface area contributed by atoms with Crippen LogP contribution in [0.2, 0.25) is 0 Å². The highest BCUT2D eigenvalue weighted by molar-refractivity contribution is 5.45. The van der Waals surface area contributed by atoms with Gasteiger partial charge in [0.15, 0.2) is 5.65 Å². The second kappa shape index (κ2) is 6.41. The fourth-order valence-electron chi connectivity index (χ4n) is 3.76. The van der Waals surface area contributed by atoms with Crippen molar-refractivity contribution in [1.29, 1.82) is 0 Å². The topological polar surface area (TPSA) is 52.8 Å². The molecule has 0 aromatic carbocycles. The number of nitrogens with zero attached hydrogens (tertiary/aromatic N) is 7. The third kappa shape index (κ3) is 3.16. The normalized spacial score (nSPS) is 23.9. The predicted octanol–water partition coefficient (Wildman–Crippen LogP) is 0.731. The third-order valence-electron chi connectivity index (χ3n) is 5.29. The third-order valence-corrected chi connectivity index (χ3v) is 5.29. The van der Waals surface area contributed by atoms with Gasteiger partial charge in [-0.25, -0.2) is 0 Å². The monoisotopic (exact) mass is 315 g/mol. The summed E-state index contributed by atoms with van der Waals surface area (Å²) in [6, 6.07) is 4.83. The SMILES string of the molecule is CN1CCC[C@H]1CCN1CCN(c2ccc3nncn3n2)CC1. The van der Waals surface area contributed by atoms with Gasteiger partial charge >= 0.3 is 0 Å². The Bertz CT molecular complexity index is 647. The molecule has 4 rings (SSSR count). The summed E-state index contributed by atoms with van der Waals surface area (Å²) in [5.74, 6) is 1.02. The van der Waals surface area contributed by atoms with Crippen LogP contribution in [0.3, 0.4) is 0 Å². The quantitative estimate of drug-likeness (QED) is 0.829. The van der Waals surface area contributed by atoms with E-state index in [1.54, 1.807) is 10.8 Å². The van der Waals surface area contributed by atoms with Crippen molar-refractivity contribution in [1.82, 2.24) is 29.6 Å². The molecule has 2 aliphatic rings. The van der Waals surface area contributed by atoms with E-state index in [9.17, 15) is 0 Å². The summed E-state index contributed by atoms with van der Waals surface area (Å²) < 4.78 is 1.75. The van der Waals surface area contributed by atoms with Crippen LogP contribution in [0, 0.1) is 0 Å². The van der Waals surface area contributed by atoms with Crippen molar-refractivity contribution >= 4 is 11.5 Å². The van der Waals surface area contributed by atoms with Crippen LogP contribution < -0.4 is 4.90 Å². The van der Waals surface area contributed by atoms with Crippen LogP contribution in [0.4, 0.5) is 5.82 Å².